The largest absolute Gasteiger partial charge is 0.756 e. The van der Waals surface area contributed by atoms with Gasteiger partial charge in [0.2, 0.25) is 0 Å². The molecule has 96 heavy (non-hydrogen) atoms. The van der Waals surface area contributed by atoms with Crippen molar-refractivity contribution in [3.8, 4) is 0 Å². The topological polar surface area (TPSA) is 111 Å². The molecule has 0 aromatic carbocycles. The van der Waals surface area contributed by atoms with Gasteiger partial charge in [0.25, 0.3) is 7.82 Å². The monoisotopic (exact) mass is 1360 g/mol. The molecule has 0 spiro atoms. The van der Waals surface area contributed by atoms with Crippen LogP contribution in [0.4, 0.5) is 0 Å². The number of hydrogen-bond donors (Lipinski definition) is 0. The number of esters is 2. The minimum Gasteiger partial charge on any atom is -0.756 e. The van der Waals surface area contributed by atoms with Gasteiger partial charge in [-0.05, 0) is 116 Å². The third kappa shape index (κ3) is 79.1. The predicted octanol–water partition coefficient (Wildman–Crippen LogP) is 26.1. The summed E-state index contributed by atoms with van der Waals surface area (Å²) in [7, 11) is 1.16. The van der Waals surface area contributed by atoms with Gasteiger partial charge in [-0.2, -0.15) is 0 Å². The Hall–Kier alpha value is -3.85. The number of rotatable bonds is 73. The van der Waals surface area contributed by atoms with Crippen molar-refractivity contribution in [3.05, 3.63) is 134 Å². The molecule has 0 N–H and O–H groups in total. The maximum absolute atomic E-state index is 12.9. The van der Waals surface area contributed by atoms with E-state index in [4.69, 9.17) is 18.5 Å². The maximum Gasteiger partial charge on any atom is 0.306 e. The lowest BCUT2D eigenvalue weighted by atomic mass is 10.0. The van der Waals surface area contributed by atoms with Gasteiger partial charge in [-0.1, -0.05) is 353 Å². The van der Waals surface area contributed by atoms with E-state index in [1.165, 1.54) is 205 Å². The van der Waals surface area contributed by atoms with E-state index in [0.29, 0.717) is 17.4 Å². The van der Waals surface area contributed by atoms with Crippen molar-refractivity contribution in [3.63, 3.8) is 0 Å². The van der Waals surface area contributed by atoms with Crippen LogP contribution in [0.2, 0.25) is 0 Å². The number of allylic oxidation sites excluding steroid dienone is 22. The Balaban J connectivity index is 4.03. The number of ether oxygens (including phenoxy) is 2. The molecular weight excluding hydrogens is 1210 g/mol. The van der Waals surface area contributed by atoms with E-state index in [1.54, 1.807) is 0 Å². The zero-order valence-electron chi connectivity index (χ0n) is 63.0. The SMILES string of the molecule is CC/C=C\C/C=C\C/C=C\C/C=C\C/C=C\C/C=C\C/C=C\C/C=C\C/C=C\C/C=C\CCCCCCCCCCCCC(=O)OC(COC(=O)CCCCCCCCCCCCCCCCCCCCC/C=C\CCCCCCCCCC)COP(=O)([O-])OCC[N+](C)(C)C. The van der Waals surface area contributed by atoms with Crippen LogP contribution in [0.1, 0.15) is 348 Å². The lowest BCUT2D eigenvalue weighted by Crippen LogP contribution is -2.37. The van der Waals surface area contributed by atoms with Crippen molar-refractivity contribution in [2.45, 2.75) is 354 Å². The summed E-state index contributed by atoms with van der Waals surface area (Å²) in [6, 6.07) is 0. The fourth-order valence-electron chi connectivity index (χ4n) is 11.1. The second kappa shape index (κ2) is 75.4. The molecule has 0 aliphatic rings. The summed E-state index contributed by atoms with van der Waals surface area (Å²) in [6.07, 6.45) is 110. The summed E-state index contributed by atoms with van der Waals surface area (Å²) in [6.45, 7) is 4.15. The number of quaternary nitrogens is 1. The van der Waals surface area contributed by atoms with Gasteiger partial charge in [-0.15, -0.1) is 0 Å². The van der Waals surface area contributed by atoms with E-state index in [-0.39, 0.29) is 32.0 Å². The smallest absolute Gasteiger partial charge is 0.306 e. The minimum absolute atomic E-state index is 0.0356. The number of unbranched alkanes of at least 4 members (excludes halogenated alkanes) is 37. The fraction of sp³-hybridized carbons (Fsp3) is 0.721. The van der Waals surface area contributed by atoms with Gasteiger partial charge < -0.3 is 27.9 Å². The number of carbonyl (C=O) groups excluding carboxylic acids is 2. The van der Waals surface area contributed by atoms with E-state index in [9.17, 15) is 19.0 Å². The lowest BCUT2D eigenvalue weighted by Gasteiger charge is -2.28. The number of phosphoric ester groups is 1. The molecule has 2 atom stereocenters. The Labute approximate surface area is 593 Å². The first-order valence-electron chi connectivity index (χ1n) is 39.9. The highest BCUT2D eigenvalue weighted by Gasteiger charge is 2.22. The van der Waals surface area contributed by atoms with Crippen LogP contribution in [0, 0.1) is 0 Å². The normalized spacial score (nSPS) is 13.8. The van der Waals surface area contributed by atoms with Gasteiger partial charge in [0.15, 0.2) is 6.10 Å². The number of carbonyl (C=O) groups is 2. The van der Waals surface area contributed by atoms with Crippen LogP contribution in [-0.2, 0) is 32.7 Å². The summed E-state index contributed by atoms with van der Waals surface area (Å²) < 4.78 is 34.4. The van der Waals surface area contributed by atoms with Gasteiger partial charge in [-0.3, -0.25) is 14.2 Å². The summed E-state index contributed by atoms with van der Waals surface area (Å²) in [5, 5.41) is 0. The molecule has 0 fully saturated rings. The first kappa shape index (κ1) is 92.2. The van der Waals surface area contributed by atoms with Crippen LogP contribution < -0.4 is 4.89 Å². The fourth-order valence-corrected chi connectivity index (χ4v) is 11.8. The second-order valence-electron chi connectivity index (χ2n) is 27.7. The molecule has 0 bridgehead atoms. The Bertz CT molecular complexity index is 2090. The standard InChI is InChI=1S/C86H150NO8P/c1-6-8-10-12-14-16-18-20-22-24-26-28-30-32-34-36-38-39-40-41-42-43-44-45-46-47-49-51-53-55-57-59-61-63-65-67-69-71-73-75-77-79-86(89)95-84(83-94-96(90,91)93-81-80-87(3,4)5)82-92-85(88)78-76-74-72-70-68-66-64-62-60-58-56-54-52-50-48-37-35-33-31-29-27-25-23-21-19-17-15-13-11-9-7-2/h8,10,14,16,20,22,25-28,32,34,38-39,41-42,44-45,47,49,53,55,84H,6-7,9,11-13,15,17-19,21,23-24,29-31,33,35-37,40,43,46,48,50-52,54,56-83H2,1-5H3/b10-8-,16-14-,22-20-,27-25-,28-26-,34-32-,39-38-,42-41-,45-44-,49-47-,55-53-. The second-order valence-corrected chi connectivity index (χ2v) is 29.1. The molecule has 0 saturated carbocycles. The summed E-state index contributed by atoms with van der Waals surface area (Å²) >= 11 is 0. The van der Waals surface area contributed by atoms with Gasteiger partial charge >= 0.3 is 11.9 Å². The van der Waals surface area contributed by atoms with Crippen molar-refractivity contribution in [2.24, 2.45) is 0 Å². The van der Waals surface area contributed by atoms with Crippen molar-refractivity contribution in [2.75, 3.05) is 47.5 Å². The van der Waals surface area contributed by atoms with Crippen molar-refractivity contribution < 1.29 is 42.1 Å². The average molecular weight is 1360 g/mol. The highest BCUT2D eigenvalue weighted by atomic mass is 31.2. The van der Waals surface area contributed by atoms with E-state index in [0.717, 1.165) is 109 Å². The zero-order chi connectivity index (χ0) is 69.7. The van der Waals surface area contributed by atoms with Crippen molar-refractivity contribution in [1.82, 2.24) is 0 Å². The number of likely N-dealkylation sites (N-methyl/N-ethyl adjacent to an activating group) is 1. The molecule has 0 radical (unpaired) electrons. The molecule has 0 aromatic rings. The number of hydrogen-bond acceptors (Lipinski definition) is 8. The molecule has 10 heteroatoms. The van der Waals surface area contributed by atoms with E-state index in [1.807, 2.05) is 21.1 Å². The maximum atomic E-state index is 12.9. The van der Waals surface area contributed by atoms with Crippen molar-refractivity contribution in [1.29, 1.82) is 0 Å². The van der Waals surface area contributed by atoms with Crippen molar-refractivity contribution >= 4 is 19.8 Å². The Morgan fingerprint density at radius 1 is 0.333 bits per heavy atom. The molecule has 0 aliphatic heterocycles. The molecule has 0 saturated heterocycles. The lowest BCUT2D eigenvalue weighted by molar-refractivity contribution is -0.870. The van der Waals surface area contributed by atoms with Crippen LogP contribution in [0.25, 0.3) is 0 Å². The third-order valence-electron chi connectivity index (χ3n) is 17.2. The molecule has 2 unspecified atom stereocenters. The Kier molecular flexibility index (Phi) is 72.3. The van der Waals surface area contributed by atoms with Gasteiger partial charge in [0.1, 0.15) is 19.8 Å². The van der Waals surface area contributed by atoms with E-state index in [2.05, 4.69) is 148 Å². The summed E-state index contributed by atoms with van der Waals surface area (Å²) in [5.41, 5.74) is 0. The molecular formula is C86H150NO8P. The molecule has 0 heterocycles. The zero-order valence-corrected chi connectivity index (χ0v) is 63.9. The molecule has 0 aliphatic carbocycles. The van der Waals surface area contributed by atoms with Crippen LogP contribution in [0.15, 0.2) is 134 Å². The number of phosphoric acid groups is 1. The Morgan fingerprint density at radius 3 is 0.896 bits per heavy atom. The molecule has 9 nitrogen and oxygen atoms in total. The van der Waals surface area contributed by atoms with Crippen LogP contribution in [0.3, 0.4) is 0 Å². The quantitative estimate of drug-likeness (QED) is 0.0195. The van der Waals surface area contributed by atoms with E-state index >= 15 is 0 Å². The highest BCUT2D eigenvalue weighted by molar-refractivity contribution is 7.45. The summed E-state index contributed by atoms with van der Waals surface area (Å²) in [4.78, 5) is 38.2. The van der Waals surface area contributed by atoms with Crippen LogP contribution >= 0.6 is 7.82 Å². The first-order valence-corrected chi connectivity index (χ1v) is 41.4. The predicted molar refractivity (Wildman–Crippen MR) is 415 cm³/mol. The van der Waals surface area contributed by atoms with Gasteiger partial charge in [0, 0.05) is 12.8 Å². The molecule has 0 aromatic heterocycles. The first-order chi connectivity index (χ1) is 47.0. The van der Waals surface area contributed by atoms with Gasteiger partial charge in [0.05, 0.1) is 27.7 Å². The molecule has 0 rings (SSSR count). The third-order valence-corrected chi connectivity index (χ3v) is 18.1. The van der Waals surface area contributed by atoms with Gasteiger partial charge in [-0.25, -0.2) is 0 Å². The van der Waals surface area contributed by atoms with Crippen LogP contribution in [-0.4, -0.2) is 70.0 Å². The average Bonchev–Trinajstić information content (AvgIpc) is 2.54. The highest BCUT2D eigenvalue weighted by Crippen LogP contribution is 2.38. The minimum atomic E-state index is -4.65. The Morgan fingerprint density at radius 2 is 0.594 bits per heavy atom. The number of nitrogens with zero attached hydrogens (tertiary/aromatic N) is 1. The van der Waals surface area contributed by atoms with E-state index < -0.39 is 26.5 Å². The van der Waals surface area contributed by atoms with Crippen LogP contribution in [0.5, 0.6) is 0 Å². The molecule has 552 valence electrons. The summed E-state index contributed by atoms with van der Waals surface area (Å²) in [5.74, 6) is -0.831. The molecule has 0 amide bonds.